The highest BCUT2D eigenvalue weighted by Crippen LogP contribution is 2.21. The van der Waals surface area contributed by atoms with Crippen LogP contribution in [-0.2, 0) is 20.9 Å². The first-order chi connectivity index (χ1) is 16.0. The van der Waals surface area contributed by atoms with E-state index >= 15 is 0 Å². The molecule has 1 aromatic heterocycles. The molecule has 0 spiro atoms. The number of nitrogens with one attached hydrogen (secondary N) is 2. The highest BCUT2D eigenvalue weighted by molar-refractivity contribution is 7.09. The molecule has 178 valence electrons. The maximum absolute atomic E-state index is 13.7. The molecule has 2 amide bonds. The Bertz CT molecular complexity index is 967. The predicted molar refractivity (Wildman–Crippen MR) is 120 cm³/mol. The van der Waals surface area contributed by atoms with Crippen LogP contribution in [-0.4, -0.2) is 41.5 Å². The van der Waals surface area contributed by atoms with Gasteiger partial charge in [0.25, 0.3) is 5.91 Å². The highest BCUT2D eigenvalue weighted by atomic mass is 32.1. The number of aromatic nitrogens is 1. The molecule has 0 radical (unpaired) electrons. The minimum Gasteiger partial charge on any atom is -0.483 e. The number of rotatable bonds is 10. The Morgan fingerprint density at radius 2 is 1.85 bits per heavy atom. The van der Waals surface area contributed by atoms with Crippen LogP contribution < -0.4 is 15.4 Å². The van der Waals surface area contributed by atoms with E-state index in [1.807, 2.05) is 0 Å². The lowest BCUT2D eigenvalue weighted by molar-refractivity contribution is -0.144. The summed E-state index contributed by atoms with van der Waals surface area (Å²) in [6, 6.07) is 5.66. The van der Waals surface area contributed by atoms with E-state index in [0.29, 0.717) is 5.01 Å². The first kappa shape index (κ1) is 24.6. The molecule has 0 bridgehead atoms. The van der Waals surface area contributed by atoms with Gasteiger partial charge in [0.05, 0.1) is 13.0 Å². The van der Waals surface area contributed by atoms with Crippen molar-refractivity contribution < 1.29 is 28.2 Å². The molecule has 1 saturated carbocycles. The number of hydrogen-bond acceptors (Lipinski definition) is 7. The number of carbonyl (C=O) groups is 3. The third-order valence-electron chi connectivity index (χ3n) is 5.26. The number of halogens is 1. The second kappa shape index (κ2) is 12.3. The summed E-state index contributed by atoms with van der Waals surface area (Å²) in [5, 5.41) is 8.09. The van der Waals surface area contributed by atoms with Gasteiger partial charge in [0.1, 0.15) is 17.3 Å². The molecular formula is C23H28FN3O5S. The standard InChI is InChI=1S/C23H28FN3O5S/c1-2-31-22(29)12-11-20(28)25-16-8-4-5-9-17(16)27-23(30)18-14-33-21(26-18)13-32-19-10-6-3-7-15(19)24/h3,6-7,10,14,16-17H,2,4-5,8-9,11-13H2,1H3,(H,25,28)(H,27,30)/t16-,17+/m1/s1. The Morgan fingerprint density at radius 3 is 2.58 bits per heavy atom. The average Bonchev–Trinajstić information content (AvgIpc) is 3.28. The van der Waals surface area contributed by atoms with Crippen molar-refractivity contribution in [3.63, 3.8) is 0 Å². The molecule has 3 rings (SSSR count). The first-order valence-electron chi connectivity index (χ1n) is 11.0. The number of thiazole rings is 1. The van der Waals surface area contributed by atoms with E-state index in [4.69, 9.17) is 9.47 Å². The van der Waals surface area contributed by atoms with Crippen molar-refractivity contribution in [1.82, 2.24) is 15.6 Å². The molecule has 2 aromatic rings. The summed E-state index contributed by atoms with van der Waals surface area (Å²) < 4.78 is 24.0. The topological polar surface area (TPSA) is 107 Å². The molecular weight excluding hydrogens is 449 g/mol. The van der Waals surface area contributed by atoms with Gasteiger partial charge in [-0.15, -0.1) is 11.3 Å². The van der Waals surface area contributed by atoms with Gasteiger partial charge >= 0.3 is 5.97 Å². The van der Waals surface area contributed by atoms with Crippen LogP contribution >= 0.6 is 11.3 Å². The summed E-state index contributed by atoms with van der Waals surface area (Å²) >= 11 is 1.26. The van der Waals surface area contributed by atoms with Crippen LogP contribution in [0.5, 0.6) is 5.75 Å². The fourth-order valence-electron chi connectivity index (χ4n) is 3.63. The Labute approximate surface area is 195 Å². The highest BCUT2D eigenvalue weighted by Gasteiger charge is 2.28. The summed E-state index contributed by atoms with van der Waals surface area (Å²) in [7, 11) is 0. The summed E-state index contributed by atoms with van der Waals surface area (Å²) in [6.07, 6.45) is 3.45. The number of para-hydroxylation sites is 1. The number of amides is 2. The van der Waals surface area contributed by atoms with Crippen molar-refractivity contribution in [2.24, 2.45) is 0 Å². The number of esters is 1. The summed E-state index contributed by atoms with van der Waals surface area (Å²) in [5.74, 6) is -1.31. The van der Waals surface area contributed by atoms with Gasteiger partial charge in [-0.25, -0.2) is 9.37 Å². The van der Waals surface area contributed by atoms with E-state index in [1.54, 1.807) is 24.4 Å². The third kappa shape index (κ3) is 7.52. The van der Waals surface area contributed by atoms with Gasteiger partial charge in [0, 0.05) is 23.9 Å². The minimum absolute atomic E-state index is 0.0277. The van der Waals surface area contributed by atoms with Crippen molar-refractivity contribution in [2.75, 3.05) is 6.61 Å². The van der Waals surface area contributed by atoms with E-state index in [-0.39, 0.29) is 61.4 Å². The second-order valence-electron chi connectivity index (χ2n) is 7.69. The van der Waals surface area contributed by atoms with Crippen molar-refractivity contribution in [1.29, 1.82) is 0 Å². The zero-order chi connectivity index (χ0) is 23.6. The van der Waals surface area contributed by atoms with Crippen molar-refractivity contribution >= 4 is 29.1 Å². The monoisotopic (exact) mass is 477 g/mol. The van der Waals surface area contributed by atoms with Crippen molar-refractivity contribution in [2.45, 2.75) is 64.1 Å². The number of nitrogens with zero attached hydrogens (tertiary/aromatic N) is 1. The average molecular weight is 478 g/mol. The Morgan fingerprint density at radius 1 is 1.12 bits per heavy atom. The Balaban J connectivity index is 1.51. The first-order valence-corrected chi connectivity index (χ1v) is 11.9. The molecule has 1 fully saturated rings. The largest absolute Gasteiger partial charge is 0.483 e. The number of benzene rings is 1. The maximum Gasteiger partial charge on any atom is 0.306 e. The van der Waals surface area contributed by atoms with E-state index in [9.17, 15) is 18.8 Å². The predicted octanol–water partition coefficient (Wildman–Crippen LogP) is 3.36. The number of ether oxygens (including phenoxy) is 2. The maximum atomic E-state index is 13.7. The molecule has 10 heteroatoms. The summed E-state index contributed by atoms with van der Waals surface area (Å²) in [5.41, 5.74) is 0.255. The van der Waals surface area contributed by atoms with E-state index in [0.717, 1.165) is 25.7 Å². The van der Waals surface area contributed by atoms with Crippen LogP contribution in [0.3, 0.4) is 0 Å². The molecule has 0 aliphatic heterocycles. The normalized spacial score (nSPS) is 17.8. The zero-order valence-corrected chi connectivity index (χ0v) is 19.3. The molecule has 1 aliphatic rings. The van der Waals surface area contributed by atoms with Gasteiger partial charge in [-0.1, -0.05) is 25.0 Å². The Hall–Kier alpha value is -3.01. The molecule has 8 nitrogen and oxygen atoms in total. The van der Waals surface area contributed by atoms with Gasteiger partial charge in [-0.3, -0.25) is 14.4 Å². The minimum atomic E-state index is -0.459. The molecule has 2 N–H and O–H groups in total. The lowest BCUT2D eigenvalue weighted by Crippen LogP contribution is -2.53. The van der Waals surface area contributed by atoms with Crippen LogP contribution in [0, 0.1) is 5.82 Å². The molecule has 33 heavy (non-hydrogen) atoms. The zero-order valence-electron chi connectivity index (χ0n) is 18.5. The van der Waals surface area contributed by atoms with Crippen LogP contribution in [0.15, 0.2) is 29.6 Å². The lowest BCUT2D eigenvalue weighted by atomic mass is 9.90. The van der Waals surface area contributed by atoms with Crippen LogP contribution in [0.4, 0.5) is 4.39 Å². The molecule has 0 saturated heterocycles. The van der Waals surface area contributed by atoms with Gasteiger partial charge < -0.3 is 20.1 Å². The van der Waals surface area contributed by atoms with E-state index in [1.165, 1.54) is 23.5 Å². The molecule has 1 aliphatic carbocycles. The van der Waals surface area contributed by atoms with Gasteiger partial charge in [0.2, 0.25) is 5.91 Å². The van der Waals surface area contributed by atoms with Crippen LogP contribution in [0.25, 0.3) is 0 Å². The second-order valence-corrected chi connectivity index (χ2v) is 8.63. The van der Waals surface area contributed by atoms with Crippen LogP contribution in [0.2, 0.25) is 0 Å². The summed E-state index contributed by atoms with van der Waals surface area (Å²) in [6.45, 7) is 2.06. The lowest BCUT2D eigenvalue weighted by Gasteiger charge is -2.32. The molecule has 2 atom stereocenters. The van der Waals surface area contributed by atoms with Crippen molar-refractivity contribution in [3.8, 4) is 5.75 Å². The SMILES string of the molecule is CCOC(=O)CCC(=O)N[C@@H]1CCCC[C@@H]1NC(=O)c1csc(COc2ccccc2F)n1. The van der Waals surface area contributed by atoms with Gasteiger partial charge in [-0.05, 0) is 31.9 Å². The molecule has 1 aromatic carbocycles. The van der Waals surface area contributed by atoms with Crippen LogP contribution in [0.1, 0.15) is 60.9 Å². The fraction of sp³-hybridized carbons (Fsp3) is 0.478. The Kier molecular flexibility index (Phi) is 9.17. The summed E-state index contributed by atoms with van der Waals surface area (Å²) in [4.78, 5) is 40.7. The van der Waals surface area contributed by atoms with Crippen molar-refractivity contribution in [3.05, 3.63) is 46.2 Å². The van der Waals surface area contributed by atoms with Gasteiger partial charge in [0.15, 0.2) is 11.6 Å². The number of carbonyl (C=O) groups excluding carboxylic acids is 3. The van der Waals surface area contributed by atoms with Gasteiger partial charge in [-0.2, -0.15) is 0 Å². The van der Waals surface area contributed by atoms with E-state index < -0.39 is 11.8 Å². The molecule has 1 heterocycles. The smallest absolute Gasteiger partial charge is 0.306 e. The fourth-order valence-corrected chi connectivity index (χ4v) is 4.31. The molecule has 0 unspecified atom stereocenters. The van der Waals surface area contributed by atoms with E-state index in [2.05, 4.69) is 15.6 Å². The number of hydrogen-bond donors (Lipinski definition) is 2. The quantitative estimate of drug-likeness (QED) is 0.508. The third-order valence-corrected chi connectivity index (χ3v) is 6.08.